The molecule has 0 radical (unpaired) electrons. The van der Waals surface area contributed by atoms with E-state index in [1.54, 1.807) is 12.1 Å². The third kappa shape index (κ3) is 4.73. The second-order valence-corrected chi connectivity index (χ2v) is 7.36. The van der Waals surface area contributed by atoms with Gasteiger partial charge in [-0.3, -0.25) is 4.90 Å². The molecular formula is C13H19BrN2O4S. The molecule has 1 aliphatic heterocycles. The quantitative estimate of drug-likeness (QED) is 0.755. The molecule has 0 spiro atoms. The zero-order valence-electron chi connectivity index (χ0n) is 11.6. The van der Waals surface area contributed by atoms with Gasteiger partial charge in [0.1, 0.15) is 0 Å². The fraction of sp³-hybridized carbons (Fsp3) is 0.538. The number of nitrogens with one attached hydrogen (secondary N) is 1. The van der Waals surface area contributed by atoms with Crippen molar-refractivity contribution < 1.29 is 18.3 Å². The third-order valence-corrected chi connectivity index (χ3v) is 5.75. The van der Waals surface area contributed by atoms with E-state index in [1.165, 1.54) is 6.07 Å². The van der Waals surface area contributed by atoms with Gasteiger partial charge in [0.2, 0.25) is 10.0 Å². The fourth-order valence-corrected chi connectivity index (χ4v) is 4.13. The van der Waals surface area contributed by atoms with E-state index in [0.29, 0.717) is 36.3 Å². The maximum atomic E-state index is 12.3. The predicted octanol–water partition coefficient (Wildman–Crippen LogP) is 0.552. The van der Waals surface area contributed by atoms with E-state index in [1.807, 2.05) is 0 Å². The Labute approximate surface area is 133 Å². The lowest BCUT2D eigenvalue weighted by Crippen LogP contribution is -2.41. The molecule has 0 aliphatic carbocycles. The molecule has 1 saturated heterocycles. The average molecular weight is 379 g/mol. The molecule has 6 nitrogen and oxygen atoms in total. The molecule has 21 heavy (non-hydrogen) atoms. The van der Waals surface area contributed by atoms with Crippen LogP contribution >= 0.6 is 15.9 Å². The Balaban J connectivity index is 1.97. The number of hydrogen-bond donors (Lipinski definition) is 2. The number of halogens is 1. The van der Waals surface area contributed by atoms with E-state index in [9.17, 15) is 8.42 Å². The lowest BCUT2D eigenvalue weighted by molar-refractivity contribution is 0.0390. The molecule has 0 atom stereocenters. The number of aliphatic hydroxyl groups is 1. The van der Waals surface area contributed by atoms with Crippen LogP contribution < -0.4 is 4.72 Å². The van der Waals surface area contributed by atoms with Crippen LogP contribution in [0.1, 0.15) is 5.56 Å². The Morgan fingerprint density at radius 2 is 2.05 bits per heavy atom. The monoisotopic (exact) mass is 378 g/mol. The van der Waals surface area contributed by atoms with Crippen LogP contribution in [0.4, 0.5) is 0 Å². The number of benzene rings is 1. The fourth-order valence-electron chi connectivity index (χ4n) is 2.09. The van der Waals surface area contributed by atoms with Gasteiger partial charge in [0.05, 0.1) is 24.7 Å². The van der Waals surface area contributed by atoms with E-state index >= 15 is 0 Å². The predicted molar refractivity (Wildman–Crippen MR) is 82.5 cm³/mol. The van der Waals surface area contributed by atoms with Crippen molar-refractivity contribution >= 4 is 26.0 Å². The standard InChI is InChI=1S/C13H19BrN2O4S/c14-12-2-1-11(10-17)9-13(12)21(18,19)15-3-4-16-5-7-20-8-6-16/h1-2,9,15,17H,3-8,10H2. The summed E-state index contributed by atoms with van der Waals surface area (Å²) in [4.78, 5) is 2.31. The number of hydrogen-bond acceptors (Lipinski definition) is 5. The summed E-state index contributed by atoms with van der Waals surface area (Å²) in [7, 11) is -3.59. The average Bonchev–Trinajstić information content (AvgIpc) is 2.48. The van der Waals surface area contributed by atoms with Crippen LogP contribution in [0.3, 0.4) is 0 Å². The van der Waals surface area contributed by atoms with E-state index in [4.69, 9.17) is 9.84 Å². The molecule has 0 aromatic heterocycles. The second kappa shape index (κ2) is 7.66. The summed E-state index contributed by atoms with van der Waals surface area (Å²) in [6, 6.07) is 4.78. The van der Waals surface area contributed by atoms with Crippen LogP contribution in [0.15, 0.2) is 27.6 Å². The topological polar surface area (TPSA) is 78.9 Å². The van der Waals surface area contributed by atoms with Gasteiger partial charge < -0.3 is 9.84 Å². The van der Waals surface area contributed by atoms with Crippen LogP contribution in [0, 0.1) is 0 Å². The highest BCUT2D eigenvalue weighted by Crippen LogP contribution is 2.23. The Morgan fingerprint density at radius 1 is 1.33 bits per heavy atom. The van der Waals surface area contributed by atoms with Crippen LogP contribution in [-0.4, -0.2) is 57.8 Å². The van der Waals surface area contributed by atoms with Crippen molar-refractivity contribution in [3.05, 3.63) is 28.2 Å². The summed E-state index contributed by atoms with van der Waals surface area (Å²) in [6.07, 6.45) is 0. The molecule has 118 valence electrons. The van der Waals surface area contributed by atoms with Gasteiger partial charge >= 0.3 is 0 Å². The normalized spacial score (nSPS) is 17.0. The van der Waals surface area contributed by atoms with E-state index in [-0.39, 0.29) is 11.5 Å². The third-order valence-electron chi connectivity index (χ3n) is 3.29. The van der Waals surface area contributed by atoms with Gasteiger partial charge in [-0.1, -0.05) is 6.07 Å². The first-order valence-corrected chi connectivity index (χ1v) is 8.99. The molecule has 1 heterocycles. The minimum absolute atomic E-state index is 0.149. The lowest BCUT2D eigenvalue weighted by atomic mass is 10.2. The van der Waals surface area contributed by atoms with Crippen molar-refractivity contribution in [2.45, 2.75) is 11.5 Å². The van der Waals surface area contributed by atoms with E-state index < -0.39 is 10.0 Å². The second-order valence-electron chi connectivity index (χ2n) is 4.77. The van der Waals surface area contributed by atoms with Gasteiger partial charge in [-0.2, -0.15) is 0 Å². The molecule has 0 unspecified atom stereocenters. The summed E-state index contributed by atoms with van der Waals surface area (Å²) < 4.78 is 32.9. The molecule has 1 fully saturated rings. The first kappa shape index (κ1) is 16.9. The highest BCUT2D eigenvalue weighted by molar-refractivity contribution is 9.10. The molecule has 1 aromatic rings. The van der Waals surface area contributed by atoms with Gasteiger partial charge in [0.15, 0.2) is 0 Å². The van der Waals surface area contributed by atoms with E-state index in [2.05, 4.69) is 25.6 Å². The van der Waals surface area contributed by atoms with Gasteiger partial charge in [0, 0.05) is 30.7 Å². The zero-order valence-corrected chi connectivity index (χ0v) is 14.0. The van der Waals surface area contributed by atoms with Gasteiger partial charge in [-0.15, -0.1) is 0 Å². The zero-order chi connectivity index (χ0) is 15.3. The highest BCUT2D eigenvalue weighted by atomic mass is 79.9. The van der Waals surface area contributed by atoms with Crippen LogP contribution in [0.25, 0.3) is 0 Å². The number of rotatable bonds is 6. The Morgan fingerprint density at radius 3 is 2.71 bits per heavy atom. The molecular weight excluding hydrogens is 360 g/mol. The lowest BCUT2D eigenvalue weighted by Gasteiger charge is -2.26. The molecule has 0 saturated carbocycles. The van der Waals surface area contributed by atoms with Crippen LogP contribution in [-0.2, 0) is 21.4 Å². The summed E-state index contributed by atoms with van der Waals surface area (Å²) >= 11 is 3.24. The van der Waals surface area contributed by atoms with Gasteiger partial charge in [0.25, 0.3) is 0 Å². The summed E-state index contributed by atoms with van der Waals surface area (Å²) in [6.45, 7) is 3.84. The van der Waals surface area contributed by atoms with Crippen LogP contribution in [0.5, 0.6) is 0 Å². The van der Waals surface area contributed by atoms with Crippen molar-refractivity contribution in [2.24, 2.45) is 0 Å². The molecule has 2 N–H and O–H groups in total. The molecule has 1 aromatic carbocycles. The number of morpholine rings is 1. The largest absolute Gasteiger partial charge is 0.392 e. The molecule has 2 rings (SSSR count). The molecule has 0 amide bonds. The van der Waals surface area contributed by atoms with Crippen LogP contribution in [0.2, 0.25) is 0 Å². The minimum atomic E-state index is -3.59. The molecule has 0 bridgehead atoms. The van der Waals surface area contributed by atoms with Gasteiger partial charge in [-0.05, 0) is 33.6 Å². The summed E-state index contributed by atoms with van der Waals surface area (Å²) in [5.74, 6) is 0. The van der Waals surface area contributed by atoms with Crippen molar-refractivity contribution in [3.63, 3.8) is 0 Å². The smallest absolute Gasteiger partial charge is 0.241 e. The maximum Gasteiger partial charge on any atom is 0.241 e. The number of sulfonamides is 1. The first-order valence-electron chi connectivity index (χ1n) is 6.72. The number of nitrogens with zero attached hydrogens (tertiary/aromatic N) is 1. The Hall–Kier alpha value is -0.510. The van der Waals surface area contributed by atoms with Crippen molar-refractivity contribution in [2.75, 3.05) is 39.4 Å². The van der Waals surface area contributed by atoms with Crippen molar-refractivity contribution in [1.29, 1.82) is 0 Å². The summed E-state index contributed by atoms with van der Waals surface area (Å²) in [5.41, 5.74) is 0.562. The van der Waals surface area contributed by atoms with Crippen molar-refractivity contribution in [1.82, 2.24) is 9.62 Å². The minimum Gasteiger partial charge on any atom is -0.392 e. The van der Waals surface area contributed by atoms with Gasteiger partial charge in [-0.25, -0.2) is 13.1 Å². The van der Waals surface area contributed by atoms with Crippen molar-refractivity contribution in [3.8, 4) is 0 Å². The number of ether oxygens (including phenoxy) is 1. The molecule has 1 aliphatic rings. The highest BCUT2D eigenvalue weighted by Gasteiger charge is 2.18. The number of aliphatic hydroxyl groups excluding tert-OH is 1. The summed E-state index contributed by atoms with van der Waals surface area (Å²) in [5, 5.41) is 9.12. The maximum absolute atomic E-state index is 12.3. The Bertz CT molecular complexity index is 574. The Kier molecular flexibility index (Phi) is 6.15. The SMILES string of the molecule is O=S(=O)(NCCN1CCOCC1)c1cc(CO)ccc1Br. The first-order chi connectivity index (χ1) is 10.0. The molecule has 8 heteroatoms. The van der Waals surface area contributed by atoms with E-state index in [0.717, 1.165) is 13.1 Å².